The van der Waals surface area contributed by atoms with Gasteiger partial charge in [0.05, 0.1) is 11.5 Å². The van der Waals surface area contributed by atoms with E-state index >= 15 is 0 Å². The van der Waals surface area contributed by atoms with Gasteiger partial charge in [-0.15, -0.1) is 0 Å². The van der Waals surface area contributed by atoms with Gasteiger partial charge in [-0.1, -0.05) is 20.3 Å². The highest BCUT2D eigenvalue weighted by atomic mass is 32.2. The Hall–Kier alpha value is -0.710. The monoisotopic (exact) mass is 423 g/mol. The second kappa shape index (κ2) is 9.67. The highest BCUT2D eigenvalue weighted by Crippen LogP contribution is 2.22. The van der Waals surface area contributed by atoms with Crippen molar-refractivity contribution in [3.05, 3.63) is 0 Å². The van der Waals surface area contributed by atoms with Crippen LogP contribution >= 0.6 is 0 Å². The molecule has 2 aliphatic heterocycles. The lowest BCUT2D eigenvalue weighted by Gasteiger charge is -2.36. The molecule has 0 aromatic carbocycles. The molecule has 0 aliphatic carbocycles. The first kappa shape index (κ1) is 22.6. The van der Waals surface area contributed by atoms with Gasteiger partial charge in [0.15, 0.2) is 0 Å². The number of piperidine rings is 2. The lowest BCUT2D eigenvalue weighted by atomic mass is 10.0. The summed E-state index contributed by atoms with van der Waals surface area (Å²) in [6.45, 7) is 4.85. The minimum atomic E-state index is -3.42. The van der Waals surface area contributed by atoms with Crippen LogP contribution in [-0.2, 0) is 24.8 Å². The molecule has 0 saturated carbocycles. The number of amides is 1. The molecule has 1 amide bonds. The topological polar surface area (TPSA) is 104 Å². The van der Waals surface area contributed by atoms with E-state index in [4.69, 9.17) is 0 Å². The molecular weight excluding hydrogens is 390 g/mol. The van der Waals surface area contributed by atoms with Crippen molar-refractivity contribution in [2.24, 2.45) is 0 Å². The number of hydrogen-bond donors (Lipinski definition) is 1. The summed E-state index contributed by atoms with van der Waals surface area (Å²) in [5, 5.41) is 2.97. The molecule has 2 rings (SSSR count). The Morgan fingerprint density at radius 2 is 1.48 bits per heavy atom. The van der Waals surface area contributed by atoms with E-state index in [-0.39, 0.29) is 23.5 Å². The fourth-order valence-electron chi connectivity index (χ4n) is 3.84. The molecule has 0 aromatic rings. The van der Waals surface area contributed by atoms with Crippen molar-refractivity contribution in [2.75, 3.05) is 31.1 Å². The summed E-state index contributed by atoms with van der Waals surface area (Å²) in [6.07, 6.45) is 4.38. The Morgan fingerprint density at radius 1 is 0.889 bits per heavy atom. The largest absolute Gasteiger partial charge is 0.352 e. The van der Waals surface area contributed by atoms with E-state index in [2.05, 4.69) is 5.32 Å². The number of hydrogen-bond acceptors (Lipinski definition) is 5. The summed E-state index contributed by atoms with van der Waals surface area (Å²) in [5.41, 5.74) is 0. The molecule has 0 radical (unpaired) electrons. The first-order chi connectivity index (χ1) is 12.7. The van der Waals surface area contributed by atoms with Gasteiger partial charge >= 0.3 is 0 Å². The lowest BCUT2D eigenvalue weighted by Crippen LogP contribution is -2.55. The molecule has 1 N–H and O–H groups in total. The van der Waals surface area contributed by atoms with Crippen LogP contribution in [0.4, 0.5) is 0 Å². The Labute approximate surface area is 163 Å². The van der Waals surface area contributed by atoms with E-state index < -0.39 is 26.1 Å². The van der Waals surface area contributed by atoms with Crippen LogP contribution in [0.25, 0.3) is 0 Å². The summed E-state index contributed by atoms with van der Waals surface area (Å²) >= 11 is 0. The number of carbonyl (C=O) groups is 1. The number of rotatable bonds is 8. The summed E-state index contributed by atoms with van der Waals surface area (Å²) in [4.78, 5) is 12.8. The molecule has 0 spiro atoms. The standard InChI is InChI=1S/C17H33N3O5S2/c1-3-13-26(22,23)19-11-8-15(9-12-19)18-17(21)16-7-5-6-10-20(16)27(24,25)14-4-2/h15-16H,3-14H2,1-2H3,(H,18,21). The molecule has 8 nitrogen and oxygen atoms in total. The number of nitrogens with one attached hydrogen (secondary N) is 1. The van der Waals surface area contributed by atoms with Crippen LogP contribution < -0.4 is 5.32 Å². The SMILES string of the molecule is CCCS(=O)(=O)N1CCC(NC(=O)C2CCCCN2S(=O)(=O)CCC)CC1. The van der Waals surface area contributed by atoms with E-state index in [9.17, 15) is 21.6 Å². The third-order valence-corrected chi connectivity index (χ3v) is 9.38. The minimum absolute atomic E-state index is 0.0600. The summed E-state index contributed by atoms with van der Waals surface area (Å²) in [5.74, 6) is -0.0369. The molecule has 1 atom stereocenters. The molecule has 2 fully saturated rings. The van der Waals surface area contributed by atoms with E-state index in [0.29, 0.717) is 51.7 Å². The van der Waals surface area contributed by atoms with Gasteiger partial charge in [0, 0.05) is 25.7 Å². The summed E-state index contributed by atoms with van der Waals surface area (Å²) in [6, 6.07) is -0.750. The fourth-order valence-corrected chi connectivity index (χ4v) is 7.13. The quantitative estimate of drug-likeness (QED) is 0.625. The highest BCUT2D eigenvalue weighted by Gasteiger charge is 2.37. The van der Waals surface area contributed by atoms with Crippen LogP contribution in [-0.4, -0.2) is 74.6 Å². The predicted octanol–water partition coefficient (Wildman–Crippen LogP) is 0.901. The zero-order chi connectivity index (χ0) is 20.1. The average Bonchev–Trinajstić information content (AvgIpc) is 2.62. The van der Waals surface area contributed by atoms with Crippen LogP contribution in [0.1, 0.15) is 58.8 Å². The second-order valence-corrected chi connectivity index (χ2v) is 11.6. The summed E-state index contributed by atoms with van der Waals surface area (Å²) in [7, 11) is -6.63. The van der Waals surface area contributed by atoms with Crippen molar-refractivity contribution >= 4 is 26.0 Å². The first-order valence-corrected chi connectivity index (χ1v) is 13.2. The molecule has 0 bridgehead atoms. The van der Waals surface area contributed by atoms with Crippen molar-refractivity contribution in [3.8, 4) is 0 Å². The van der Waals surface area contributed by atoms with Gasteiger partial charge in [0.25, 0.3) is 0 Å². The zero-order valence-corrected chi connectivity index (χ0v) is 18.0. The number of carbonyl (C=O) groups excluding carboxylic acids is 1. The van der Waals surface area contributed by atoms with Crippen LogP contribution in [0.3, 0.4) is 0 Å². The van der Waals surface area contributed by atoms with Gasteiger partial charge in [-0.25, -0.2) is 21.1 Å². The van der Waals surface area contributed by atoms with Gasteiger partial charge in [-0.3, -0.25) is 4.79 Å². The number of nitrogens with zero attached hydrogens (tertiary/aromatic N) is 2. The molecular formula is C17H33N3O5S2. The number of sulfonamides is 2. The zero-order valence-electron chi connectivity index (χ0n) is 16.4. The predicted molar refractivity (Wildman–Crippen MR) is 105 cm³/mol. The molecule has 27 heavy (non-hydrogen) atoms. The van der Waals surface area contributed by atoms with E-state index in [1.165, 1.54) is 8.61 Å². The third kappa shape index (κ3) is 5.88. The third-order valence-electron chi connectivity index (χ3n) is 5.23. The molecule has 2 saturated heterocycles. The second-order valence-electron chi connectivity index (χ2n) is 7.44. The van der Waals surface area contributed by atoms with Crippen molar-refractivity contribution in [3.63, 3.8) is 0 Å². The van der Waals surface area contributed by atoms with Crippen molar-refractivity contribution in [1.82, 2.24) is 13.9 Å². The van der Waals surface area contributed by atoms with Gasteiger partial charge in [-0.2, -0.15) is 4.31 Å². The molecule has 2 heterocycles. The fraction of sp³-hybridized carbons (Fsp3) is 0.941. The van der Waals surface area contributed by atoms with E-state index in [1.54, 1.807) is 0 Å². The van der Waals surface area contributed by atoms with Crippen molar-refractivity contribution in [2.45, 2.75) is 70.9 Å². The van der Waals surface area contributed by atoms with Crippen LogP contribution in [0, 0.1) is 0 Å². The van der Waals surface area contributed by atoms with Crippen molar-refractivity contribution < 1.29 is 21.6 Å². The van der Waals surface area contributed by atoms with Gasteiger partial charge < -0.3 is 5.32 Å². The smallest absolute Gasteiger partial charge is 0.238 e. The molecule has 10 heteroatoms. The lowest BCUT2D eigenvalue weighted by molar-refractivity contribution is -0.126. The molecule has 0 aromatic heterocycles. The van der Waals surface area contributed by atoms with Crippen LogP contribution in [0.5, 0.6) is 0 Å². The Balaban J connectivity index is 1.95. The molecule has 158 valence electrons. The van der Waals surface area contributed by atoms with Gasteiger partial charge in [-0.05, 0) is 38.5 Å². The molecule has 1 unspecified atom stereocenters. The average molecular weight is 424 g/mol. The van der Waals surface area contributed by atoms with Gasteiger partial charge in [0.1, 0.15) is 6.04 Å². The van der Waals surface area contributed by atoms with E-state index in [1.807, 2.05) is 13.8 Å². The Bertz CT molecular complexity index is 700. The van der Waals surface area contributed by atoms with Crippen LogP contribution in [0.2, 0.25) is 0 Å². The Kier molecular flexibility index (Phi) is 8.08. The minimum Gasteiger partial charge on any atom is -0.352 e. The summed E-state index contributed by atoms with van der Waals surface area (Å²) < 4.78 is 52.1. The highest BCUT2D eigenvalue weighted by molar-refractivity contribution is 7.89. The normalized spacial score (nSPS) is 24.0. The van der Waals surface area contributed by atoms with Gasteiger partial charge in [0.2, 0.25) is 26.0 Å². The first-order valence-electron chi connectivity index (χ1n) is 9.99. The van der Waals surface area contributed by atoms with Crippen LogP contribution in [0.15, 0.2) is 0 Å². The van der Waals surface area contributed by atoms with Crippen molar-refractivity contribution in [1.29, 1.82) is 0 Å². The maximum atomic E-state index is 12.8. The maximum absolute atomic E-state index is 12.8. The van der Waals surface area contributed by atoms with E-state index in [0.717, 1.165) is 12.8 Å². The molecule has 2 aliphatic rings. The maximum Gasteiger partial charge on any atom is 0.238 e. The Morgan fingerprint density at radius 3 is 2.07 bits per heavy atom.